The molecule has 0 aliphatic heterocycles. The normalized spacial score (nSPS) is 14.1. The molecule has 0 radical (unpaired) electrons. The predicted octanol–water partition coefficient (Wildman–Crippen LogP) is 1.84. The molecule has 2 heteroatoms. The Morgan fingerprint density at radius 1 is 1.20 bits per heavy atom. The summed E-state index contributed by atoms with van der Waals surface area (Å²) in [5.41, 5.74) is 0. The van der Waals surface area contributed by atoms with Gasteiger partial charge in [0, 0.05) is 13.7 Å². The number of ether oxygens (including phenoxy) is 2. The summed E-state index contributed by atoms with van der Waals surface area (Å²) >= 11 is 0. The first kappa shape index (κ1) is 9.92. The van der Waals surface area contributed by atoms with E-state index in [1.165, 1.54) is 0 Å². The van der Waals surface area contributed by atoms with Crippen molar-refractivity contribution < 1.29 is 9.47 Å². The minimum absolute atomic E-state index is 0.318. The molecule has 0 aliphatic rings. The van der Waals surface area contributed by atoms with E-state index in [4.69, 9.17) is 9.47 Å². The lowest BCUT2D eigenvalue weighted by Crippen LogP contribution is -2.11. The number of hydrogen-bond donors (Lipinski definition) is 0. The third-order valence-corrected chi connectivity index (χ3v) is 1.38. The topological polar surface area (TPSA) is 18.5 Å². The molecule has 0 amide bonds. The Kier molecular flexibility index (Phi) is 5.64. The Labute approximate surface area is 63.5 Å². The molecule has 0 saturated carbocycles. The largest absolute Gasteiger partial charge is 0.382 e. The first-order valence-electron chi connectivity index (χ1n) is 3.81. The molecule has 0 aromatic heterocycles. The monoisotopic (exact) mass is 146 g/mol. The van der Waals surface area contributed by atoms with Gasteiger partial charge >= 0.3 is 0 Å². The molecule has 0 fully saturated rings. The van der Waals surface area contributed by atoms with Gasteiger partial charge in [0.25, 0.3) is 0 Å². The smallest absolute Gasteiger partial charge is 0.0565 e. The maximum Gasteiger partial charge on any atom is 0.0565 e. The van der Waals surface area contributed by atoms with E-state index in [1.54, 1.807) is 7.11 Å². The van der Waals surface area contributed by atoms with E-state index in [9.17, 15) is 0 Å². The molecule has 0 bridgehead atoms. The molecule has 0 rings (SSSR count). The highest BCUT2D eigenvalue weighted by molar-refractivity contribution is 4.47. The van der Waals surface area contributed by atoms with Crippen LogP contribution in [-0.4, -0.2) is 25.9 Å². The molecular weight excluding hydrogens is 128 g/mol. The number of rotatable bonds is 5. The average Bonchev–Trinajstić information content (AvgIpc) is 1.87. The maximum absolute atomic E-state index is 5.33. The second-order valence-electron chi connectivity index (χ2n) is 2.75. The van der Waals surface area contributed by atoms with Crippen LogP contribution in [0, 0.1) is 0 Å². The van der Waals surface area contributed by atoms with Crippen molar-refractivity contribution >= 4 is 0 Å². The van der Waals surface area contributed by atoms with Crippen molar-refractivity contribution in [3.8, 4) is 0 Å². The van der Waals surface area contributed by atoms with Crippen LogP contribution in [0.4, 0.5) is 0 Å². The minimum atomic E-state index is 0.318. The van der Waals surface area contributed by atoms with Gasteiger partial charge in [-0.25, -0.2) is 0 Å². The molecule has 2 nitrogen and oxygen atoms in total. The average molecular weight is 146 g/mol. The predicted molar refractivity (Wildman–Crippen MR) is 42.2 cm³/mol. The van der Waals surface area contributed by atoms with Crippen molar-refractivity contribution in [1.29, 1.82) is 0 Å². The van der Waals surface area contributed by atoms with Crippen molar-refractivity contribution in [2.24, 2.45) is 0 Å². The van der Waals surface area contributed by atoms with Crippen LogP contribution >= 0.6 is 0 Å². The van der Waals surface area contributed by atoms with Gasteiger partial charge in [-0.3, -0.25) is 0 Å². The van der Waals surface area contributed by atoms with Gasteiger partial charge in [-0.05, 0) is 27.2 Å². The molecule has 1 unspecified atom stereocenters. The van der Waals surface area contributed by atoms with Crippen molar-refractivity contribution in [2.45, 2.75) is 39.4 Å². The van der Waals surface area contributed by atoms with Crippen LogP contribution in [0.5, 0.6) is 0 Å². The summed E-state index contributed by atoms with van der Waals surface area (Å²) in [4.78, 5) is 0. The van der Waals surface area contributed by atoms with Crippen molar-refractivity contribution in [3.63, 3.8) is 0 Å². The minimum Gasteiger partial charge on any atom is -0.382 e. The van der Waals surface area contributed by atoms with Crippen LogP contribution in [0.2, 0.25) is 0 Å². The Morgan fingerprint density at radius 2 is 1.80 bits per heavy atom. The van der Waals surface area contributed by atoms with Crippen LogP contribution in [0.25, 0.3) is 0 Å². The summed E-state index contributed by atoms with van der Waals surface area (Å²) in [5, 5.41) is 0. The van der Waals surface area contributed by atoms with Gasteiger partial charge in [0.05, 0.1) is 12.2 Å². The molecule has 62 valence electrons. The Hall–Kier alpha value is -0.0800. The fourth-order valence-electron chi connectivity index (χ4n) is 0.588. The lowest BCUT2D eigenvalue weighted by Gasteiger charge is -2.11. The molecule has 0 aromatic rings. The maximum atomic E-state index is 5.33. The molecule has 1 atom stereocenters. The molecule has 0 spiro atoms. The van der Waals surface area contributed by atoms with E-state index < -0.39 is 0 Å². The lowest BCUT2D eigenvalue weighted by atomic mass is 10.3. The van der Waals surface area contributed by atoms with Crippen molar-refractivity contribution in [2.75, 3.05) is 13.7 Å². The second-order valence-corrected chi connectivity index (χ2v) is 2.75. The third-order valence-electron chi connectivity index (χ3n) is 1.38. The van der Waals surface area contributed by atoms with E-state index in [1.807, 2.05) is 20.8 Å². The van der Waals surface area contributed by atoms with E-state index in [2.05, 4.69) is 0 Å². The Bertz CT molecular complexity index is 71.7. The SMILES string of the molecule is COC(C)CCOC(C)C. The quantitative estimate of drug-likeness (QED) is 0.589. The highest BCUT2D eigenvalue weighted by Gasteiger charge is 1.99. The summed E-state index contributed by atoms with van der Waals surface area (Å²) in [6, 6.07) is 0. The zero-order chi connectivity index (χ0) is 7.98. The van der Waals surface area contributed by atoms with Gasteiger partial charge in [0.2, 0.25) is 0 Å². The van der Waals surface area contributed by atoms with Gasteiger partial charge in [-0.1, -0.05) is 0 Å². The molecule has 0 N–H and O–H groups in total. The highest BCUT2D eigenvalue weighted by Crippen LogP contribution is 1.97. The van der Waals surface area contributed by atoms with Crippen molar-refractivity contribution in [3.05, 3.63) is 0 Å². The molecule has 10 heavy (non-hydrogen) atoms. The van der Waals surface area contributed by atoms with Gasteiger partial charge in [-0.2, -0.15) is 0 Å². The van der Waals surface area contributed by atoms with Gasteiger partial charge in [-0.15, -0.1) is 0 Å². The van der Waals surface area contributed by atoms with Crippen molar-refractivity contribution in [1.82, 2.24) is 0 Å². The molecule has 0 aliphatic carbocycles. The van der Waals surface area contributed by atoms with Crippen LogP contribution in [-0.2, 0) is 9.47 Å². The molecule has 0 saturated heterocycles. The lowest BCUT2D eigenvalue weighted by molar-refractivity contribution is 0.0358. The van der Waals surface area contributed by atoms with E-state index in [0.717, 1.165) is 13.0 Å². The van der Waals surface area contributed by atoms with Crippen LogP contribution in [0.1, 0.15) is 27.2 Å². The first-order chi connectivity index (χ1) is 4.66. The number of hydrogen-bond acceptors (Lipinski definition) is 2. The van der Waals surface area contributed by atoms with Gasteiger partial charge in [0.1, 0.15) is 0 Å². The Balaban J connectivity index is 3.03. The molecular formula is C8H18O2. The van der Waals surface area contributed by atoms with E-state index in [-0.39, 0.29) is 0 Å². The molecule has 0 aromatic carbocycles. The summed E-state index contributed by atoms with van der Waals surface area (Å²) in [6.45, 7) is 6.92. The zero-order valence-corrected chi connectivity index (χ0v) is 7.39. The Morgan fingerprint density at radius 3 is 2.20 bits per heavy atom. The third kappa shape index (κ3) is 6.05. The van der Waals surface area contributed by atoms with E-state index >= 15 is 0 Å². The summed E-state index contributed by atoms with van der Waals surface area (Å²) in [7, 11) is 1.72. The summed E-state index contributed by atoms with van der Waals surface area (Å²) in [5.74, 6) is 0. The first-order valence-corrected chi connectivity index (χ1v) is 3.81. The van der Waals surface area contributed by atoms with Crippen LogP contribution in [0.3, 0.4) is 0 Å². The standard InChI is InChI=1S/C8H18O2/c1-7(2)10-6-5-8(3)9-4/h7-8H,5-6H2,1-4H3. The summed E-state index contributed by atoms with van der Waals surface area (Å²) in [6.07, 6.45) is 1.64. The van der Waals surface area contributed by atoms with E-state index in [0.29, 0.717) is 12.2 Å². The van der Waals surface area contributed by atoms with Gasteiger partial charge < -0.3 is 9.47 Å². The zero-order valence-electron chi connectivity index (χ0n) is 7.39. The molecule has 0 heterocycles. The summed E-state index contributed by atoms with van der Waals surface area (Å²) < 4.78 is 10.4. The van der Waals surface area contributed by atoms with Crippen LogP contribution < -0.4 is 0 Å². The fourth-order valence-corrected chi connectivity index (χ4v) is 0.588. The van der Waals surface area contributed by atoms with Crippen LogP contribution in [0.15, 0.2) is 0 Å². The highest BCUT2D eigenvalue weighted by atomic mass is 16.5. The van der Waals surface area contributed by atoms with Gasteiger partial charge in [0.15, 0.2) is 0 Å². The second kappa shape index (κ2) is 5.69. The number of methoxy groups -OCH3 is 1. The fraction of sp³-hybridized carbons (Fsp3) is 1.00.